The van der Waals surface area contributed by atoms with Gasteiger partial charge in [-0.1, -0.05) is 37.5 Å². The molecule has 1 aromatic rings. The lowest BCUT2D eigenvalue weighted by atomic mass is 9.77. The summed E-state index contributed by atoms with van der Waals surface area (Å²) < 4.78 is 13.6. The highest BCUT2D eigenvalue weighted by atomic mass is 19.1. The molecule has 1 aromatic carbocycles. The zero-order valence-corrected chi connectivity index (χ0v) is 9.36. The SMILES string of the molecule is O=CC(c1ccccc1F)C1CCCCC1. The van der Waals surface area contributed by atoms with Crippen LogP contribution in [0, 0.1) is 11.7 Å². The quantitative estimate of drug-likeness (QED) is 0.710. The minimum absolute atomic E-state index is 0.245. The van der Waals surface area contributed by atoms with Crippen molar-refractivity contribution in [2.45, 2.75) is 38.0 Å². The van der Waals surface area contributed by atoms with Crippen molar-refractivity contribution in [1.82, 2.24) is 0 Å². The molecule has 1 aliphatic carbocycles. The predicted molar refractivity (Wildman–Crippen MR) is 61.8 cm³/mol. The van der Waals surface area contributed by atoms with Crippen LogP contribution < -0.4 is 0 Å². The number of rotatable bonds is 3. The molecule has 1 nitrogen and oxygen atoms in total. The van der Waals surface area contributed by atoms with Crippen LogP contribution in [0.25, 0.3) is 0 Å². The molecule has 0 bridgehead atoms. The molecule has 1 atom stereocenters. The minimum Gasteiger partial charge on any atom is -0.303 e. The van der Waals surface area contributed by atoms with Crippen molar-refractivity contribution in [2.24, 2.45) is 5.92 Å². The van der Waals surface area contributed by atoms with Crippen LogP contribution in [0.4, 0.5) is 4.39 Å². The topological polar surface area (TPSA) is 17.1 Å². The van der Waals surface area contributed by atoms with Gasteiger partial charge >= 0.3 is 0 Å². The second kappa shape index (κ2) is 5.24. The molecule has 0 aromatic heterocycles. The third-order valence-electron chi connectivity index (χ3n) is 3.57. The number of hydrogen-bond acceptors (Lipinski definition) is 1. The molecule has 1 saturated carbocycles. The van der Waals surface area contributed by atoms with Crippen molar-refractivity contribution in [3.8, 4) is 0 Å². The molecule has 0 saturated heterocycles. The lowest BCUT2D eigenvalue weighted by Gasteiger charge is -2.27. The molecule has 0 aliphatic heterocycles. The van der Waals surface area contributed by atoms with Crippen molar-refractivity contribution in [1.29, 1.82) is 0 Å². The van der Waals surface area contributed by atoms with Crippen molar-refractivity contribution in [3.05, 3.63) is 35.6 Å². The zero-order valence-electron chi connectivity index (χ0n) is 9.36. The Balaban J connectivity index is 2.21. The molecule has 0 N–H and O–H groups in total. The highest BCUT2D eigenvalue weighted by Gasteiger charge is 2.26. The van der Waals surface area contributed by atoms with Crippen LogP contribution in [0.5, 0.6) is 0 Å². The largest absolute Gasteiger partial charge is 0.303 e. The standard InChI is InChI=1S/C14H17FO/c15-14-9-5-4-8-12(14)13(10-16)11-6-2-1-3-7-11/h4-5,8-11,13H,1-3,6-7H2. The summed E-state index contributed by atoms with van der Waals surface area (Å²) in [5.41, 5.74) is 0.574. The molecule has 0 amide bonds. The molecular weight excluding hydrogens is 203 g/mol. The summed E-state index contributed by atoms with van der Waals surface area (Å²) in [6.07, 6.45) is 6.62. The van der Waals surface area contributed by atoms with Gasteiger partial charge in [-0.15, -0.1) is 0 Å². The van der Waals surface area contributed by atoms with Gasteiger partial charge in [0, 0.05) is 5.92 Å². The Kier molecular flexibility index (Phi) is 3.70. The van der Waals surface area contributed by atoms with Crippen LogP contribution >= 0.6 is 0 Å². The molecule has 1 fully saturated rings. The van der Waals surface area contributed by atoms with Gasteiger partial charge in [-0.3, -0.25) is 0 Å². The molecule has 0 heterocycles. The Morgan fingerprint density at radius 3 is 2.50 bits per heavy atom. The Morgan fingerprint density at radius 1 is 1.19 bits per heavy atom. The molecule has 0 radical (unpaired) electrons. The van der Waals surface area contributed by atoms with Gasteiger partial charge in [-0.05, 0) is 30.4 Å². The smallest absolute Gasteiger partial charge is 0.127 e. The van der Waals surface area contributed by atoms with Gasteiger partial charge in [0.15, 0.2) is 0 Å². The number of aldehydes is 1. The Hall–Kier alpha value is -1.18. The van der Waals surface area contributed by atoms with Crippen LogP contribution in [-0.2, 0) is 4.79 Å². The first-order valence-electron chi connectivity index (χ1n) is 6.02. The fourth-order valence-corrected chi connectivity index (χ4v) is 2.68. The van der Waals surface area contributed by atoms with E-state index in [0.717, 1.165) is 19.1 Å². The van der Waals surface area contributed by atoms with Crippen molar-refractivity contribution in [2.75, 3.05) is 0 Å². The van der Waals surface area contributed by atoms with Crippen LogP contribution in [0.15, 0.2) is 24.3 Å². The second-order valence-corrected chi connectivity index (χ2v) is 4.58. The lowest BCUT2D eigenvalue weighted by Crippen LogP contribution is -2.18. The number of carbonyl (C=O) groups excluding carboxylic acids is 1. The first kappa shape index (κ1) is 11.3. The van der Waals surface area contributed by atoms with Crippen LogP contribution in [-0.4, -0.2) is 6.29 Å². The van der Waals surface area contributed by atoms with Gasteiger partial charge in [0.1, 0.15) is 12.1 Å². The highest BCUT2D eigenvalue weighted by Crippen LogP contribution is 2.35. The predicted octanol–water partition coefficient (Wildman–Crippen LogP) is 3.69. The molecule has 2 heteroatoms. The monoisotopic (exact) mass is 220 g/mol. The summed E-state index contributed by atoms with van der Waals surface area (Å²) in [6, 6.07) is 6.65. The lowest BCUT2D eigenvalue weighted by molar-refractivity contribution is -0.110. The third-order valence-corrected chi connectivity index (χ3v) is 3.57. The number of halogens is 1. The third kappa shape index (κ3) is 2.31. The van der Waals surface area contributed by atoms with E-state index in [0.29, 0.717) is 11.5 Å². The van der Waals surface area contributed by atoms with Crippen molar-refractivity contribution >= 4 is 6.29 Å². The number of carbonyl (C=O) groups is 1. The summed E-state index contributed by atoms with van der Waals surface area (Å²) in [5, 5.41) is 0. The number of benzene rings is 1. The normalized spacial score (nSPS) is 19.3. The van der Waals surface area contributed by atoms with E-state index in [-0.39, 0.29) is 11.7 Å². The summed E-state index contributed by atoms with van der Waals surface area (Å²) >= 11 is 0. The van der Waals surface area contributed by atoms with Crippen LogP contribution in [0.2, 0.25) is 0 Å². The van der Waals surface area contributed by atoms with Crippen molar-refractivity contribution < 1.29 is 9.18 Å². The maximum absolute atomic E-state index is 13.6. The molecule has 1 unspecified atom stereocenters. The van der Waals surface area contributed by atoms with Gasteiger partial charge in [0.25, 0.3) is 0 Å². The Labute approximate surface area is 95.7 Å². The maximum atomic E-state index is 13.6. The van der Waals surface area contributed by atoms with Gasteiger partial charge in [-0.25, -0.2) is 4.39 Å². The summed E-state index contributed by atoms with van der Waals surface area (Å²) in [5.74, 6) is -0.158. The van der Waals surface area contributed by atoms with E-state index < -0.39 is 0 Å². The molecule has 1 aliphatic rings. The fourth-order valence-electron chi connectivity index (χ4n) is 2.68. The van der Waals surface area contributed by atoms with E-state index in [1.54, 1.807) is 18.2 Å². The number of hydrogen-bond donors (Lipinski definition) is 0. The Morgan fingerprint density at radius 2 is 1.88 bits per heavy atom. The Bertz CT molecular complexity index is 356. The maximum Gasteiger partial charge on any atom is 0.127 e. The van der Waals surface area contributed by atoms with Gasteiger partial charge in [0.05, 0.1) is 0 Å². The molecule has 0 spiro atoms. The second-order valence-electron chi connectivity index (χ2n) is 4.58. The minimum atomic E-state index is -0.249. The fraction of sp³-hybridized carbons (Fsp3) is 0.500. The van der Waals surface area contributed by atoms with E-state index in [1.807, 2.05) is 0 Å². The van der Waals surface area contributed by atoms with E-state index >= 15 is 0 Å². The van der Waals surface area contributed by atoms with E-state index in [4.69, 9.17) is 0 Å². The van der Waals surface area contributed by atoms with Gasteiger partial charge in [0.2, 0.25) is 0 Å². The van der Waals surface area contributed by atoms with Crippen molar-refractivity contribution in [3.63, 3.8) is 0 Å². The van der Waals surface area contributed by atoms with Gasteiger partial charge < -0.3 is 4.79 Å². The van der Waals surface area contributed by atoms with Crippen LogP contribution in [0.3, 0.4) is 0 Å². The first-order chi connectivity index (χ1) is 7.83. The average molecular weight is 220 g/mol. The van der Waals surface area contributed by atoms with E-state index in [2.05, 4.69) is 0 Å². The molecule has 86 valence electrons. The van der Waals surface area contributed by atoms with E-state index in [1.165, 1.54) is 25.3 Å². The molecule has 16 heavy (non-hydrogen) atoms. The summed E-state index contributed by atoms with van der Waals surface area (Å²) in [7, 11) is 0. The zero-order chi connectivity index (χ0) is 11.4. The summed E-state index contributed by atoms with van der Waals surface area (Å²) in [6.45, 7) is 0. The summed E-state index contributed by atoms with van der Waals surface area (Å²) in [4.78, 5) is 11.2. The van der Waals surface area contributed by atoms with E-state index in [9.17, 15) is 9.18 Å². The molecule has 2 rings (SSSR count). The van der Waals surface area contributed by atoms with Crippen LogP contribution in [0.1, 0.15) is 43.6 Å². The van der Waals surface area contributed by atoms with Gasteiger partial charge in [-0.2, -0.15) is 0 Å². The highest BCUT2D eigenvalue weighted by molar-refractivity contribution is 5.62. The first-order valence-corrected chi connectivity index (χ1v) is 6.02. The molecular formula is C14H17FO. The average Bonchev–Trinajstić information content (AvgIpc) is 2.34.